The molecule has 12 heteroatoms. The third-order valence-corrected chi connectivity index (χ3v) is 10.2. The third kappa shape index (κ3) is 5.22. The zero-order valence-corrected chi connectivity index (χ0v) is 25.9. The standard InChI is InChI=1S/C33H41NO11/c1-15-28(36)20(34-10-8-17(42-3)9-11-34)12-23(44-15)45-22-14-33(41,16(2)35)13-19-25(22)32(40)27-26(30(19)38)29(37)18-6-5-7-21(43-4)24(18)31(27)39/h5-7,15-17,20,22-23,28,35-36,38,40-41H,8-14H2,1-4H3/t15-,16?,20-,22-,23-,28+,33-/m0/s1. The number of ketones is 2. The summed E-state index contributed by atoms with van der Waals surface area (Å²) in [5, 5.41) is 56.6. The van der Waals surface area contributed by atoms with Crippen LogP contribution in [-0.4, -0.2) is 112 Å². The van der Waals surface area contributed by atoms with E-state index in [1.807, 2.05) is 0 Å². The van der Waals surface area contributed by atoms with Gasteiger partial charge >= 0.3 is 0 Å². The molecule has 2 saturated heterocycles. The number of methoxy groups -OCH3 is 2. The highest BCUT2D eigenvalue weighted by molar-refractivity contribution is 6.31. The molecular formula is C33H41NO11. The first-order valence-electron chi connectivity index (χ1n) is 15.4. The molecule has 0 bridgehead atoms. The van der Waals surface area contributed by atoms with Gasteiger partial charge < -0.3 is 44.5 Å². The van der Waals surface area contributed by atoms with E-state index in [1.54, 1.807) is 20.1 Å². The van der Waals surface area contributed by atoms with Crippen LogP contribution in [0.4, 0.5) is 0 Å². The first-order chi connectivity index (χ1) is 21.4. The summed E-state index contributed by atoms with van der Waals surface area (Å²) in [5.41, 5.74) is -2.54. The summed E-state index contributed by atoms with van der Waals surface area (Å²) < 4.78 is 23.3. The number of carbonyl (C=O) groups is 2. The maximum atomic E-state index is 13.9. The van der Waals surface area contributed by atoms with Crippen molar-refractivity contribution in [1.29, 1.82) is 0 Å². The number of phenols is 2. The van der Waals surface area contributed by atoms with Gasteiger partial charge in [-0.05, 0) is 32.8 Å². The predicted molar refractivity (Wildman–Crippen MR) is 159 cm³/mol. The fourth-order valence-corrected chi connectivity index (χ4v) is 7.48. The lowest BCUT2D eigenvalue weighted by Gasteiger charge is -2.47. The second-order valence-corrected chi connectivity index (χ2v) is 12.7. The Kier molecular flexibility index (Phi) is 8.44. The molecule has 2 fully saturated rings. The first kappa shape index (κ1) is 31.9. The molecule has 2 aromatic rings. The average Bonchev–Trinajstić information content (AvgIpc) is 3.02. The highest BCUT2D eigenvalue weighted by Gasteiger charge is 2.50. The molecule has 12 nitrogen and oxygen atoms in total. The van der Waals surface area contributed by atoms with Gasteiger partial charge in [-0.25, -0.2) is 0 Å². The van der Waals surface area contributed by atoms with Crippen LogP contribution < -0.4 is 4.74 Å². The van der Waals surface area contributed by atoms with Crippen molar-refractivity contribution in [1.82, 2.24) is 4.90 Å². The molecule has 0 radical (unpaired) electrons. The minimum absolute atomic E-state index is 0.000441. The predicted octanol–water partition coefficient (Wildman–Crippen LogP) is 1.97. The van der Waals surface area contributed by atoms with Gasteiger partial charge in [0.2, 0.25) is 5.78 Å². The summed E-state index contributed by atoms with van der Waals surface area (Å²) in [6.45, 7) is 4.58. The van der Waals surface area contributed by atoms with Crippen LogP contribution in [0.2, 0.25) is 0 Å². The van der Waals surface area contributed by atoms with Crippen LogP contribution in [0, 0.1) is 0 Å². The topological polar surface area (TPSA) is 175 Å². The van der Waals surface area contributed by atoms with Crippen LogP contribution in [-0.2, 0) is 20.6 Å². The second kappa shape index (κ2) is 11.9. The Labute approximate surface area is 261 Å². The van der Waals surface area contributed by atoms with Crippen LogP contribution in [0.15, 0.2) is 18.2 Å². The van der Waals surface area contributed by atoms with Crippen molar-refractivity contribution in [2.24, 2.45) is 0 Å². The molecule has 4 aliphatic rings. The largest absolute Gasteiger partial charge is 0.507 e. The number of rotatable bonds is 6. The summed E-state index contributed by atoms with van der Waals surface area (Å²) in [7, 11) is 3.05. The molecule has 2 heterocycles. The van der Waals surface area contributed by atoms with Gasteiger partial charge in [-0.15, -0.1) is 0 Å². The van der Waals surface area contributed by atoms with Crippen molar-refractivity contribution in [3.8, 4) is 17.2 Å². The molecule has 0 saturated carbocycles. The van der Waals surface area contributed by atoms with E-state index >= 15 is 0 Å². The van der Waals surface area contributed by atoms with Crippen LogP contribution in [0.25, 0.3) is 0 Å². The van der Waals surface area contributed by atoms with E-state index in [9.17, 15) is 35.1 Å². The number of aliphatic hydroxyl groups is 3. The maximum Gasteiger partial charge on any atom is 0.202 e. The van der Waals surface area contributed by atoms with E-state index in [4.69, 9.17) is 18.9 Å². The van der Waals surface area contributed by atoms with Crippen LogP contribution in [0.1, 0.15) is 88.6 Å². The zero-order chi connectivity index (χ0) is 32.4. The van der Waals surface area contributed by atoms with Crippen molar-refractivity contribution >= 4 is 11.6 Å². The quantitative estimate of drug-likeness (QED) is 0.252. The number of hydrogen-bond donors (Lipinski definition) is 5. The van der Waals surface area contributed by atoms with Crippen molar-refractivity contribution in [3.63, 3.8) is 0 Å². The summed E-state index contributed by atoms with van der Waals surface area (Å²) in [4.78, 5) is 29.7. The number of aliphatic hydroxyl groups excluding tert-OH is 2. The van der Waals surface area contributed by atoms with Gasteiger partial charge in [0.05, 0.1) is 59.9 Å². The highest BCUT2D eigenvalue weighted by Crippen LogP contribution is 2.53. The molecule has 0 amide bonds. The lowest BCUT2D eigenvalue weighted by molar-refractivity contribution is -0.262. The fraction of sp³-hybridized carbons (Fsp3) is 0.576. The molecule has 0 aromatic heterocycles. The molecule has 45 heavy (non-hydrogen) atoms. The molecule has 7 atom stereocenters. The Bertz CT molecular complexity index is 1500. The molecule has 6 rings (SSSR count). The molecule has 2 aromatic carbocycles. The molecule has 1 unspecified atom stereocenters. The van der Waals surface area contributed by atoms with Gasteiger partial charge in [-0.1, -0.05) is 12.1 Å². The van der Waals surface area contributed by atoms with Gasteiger partial charge in [0, 0.05) is 62.2 Å². The van der Waals surface area contributed by atoms with E-state index in [0.717, 1.165) is 25.9 Å². The van der Waals surface area contributed by atoms with Gasteiger partial charge in [0.25, 0.3) is 0 Å². The van der Waals surface area contributed by atoms with Crippen molar-refractivity contribution in [3.05, 3.63) is 51.6 Å². The number of ether oxygens (including phenoxy) is 4. The number of benzene rings is 2. The number of hydrogen-bond acceptors (Lipinski definition) is 12. The molecule has 5 N–H and O–H groups in total. The van der Waals surface area contributed by atoms with E-state index in [1.165, 1.54) is 26.2 Å². The minimum Gasteiger partial charge on any atom is -0.507 e. The SMILES string of the molecule is COc1cccc2c1C(=O)c1c(O)c3c(c(O)c1C2=O)C[C@@](O)(C(C)O)C[C@@H]3O[C@H]1C[C@H](N2CCC(OC)CC2)[C@H](O)[C@H](C)O1. The number of aromatic hydroxyl groups is 2. The number of carbonyl (C=O) groups excluding carboxylic acids is 2. The van der Waals surface area contributed by atoms with E-state index < -0.39 is 59.4 Å². The van der Waals surface area contributed by atoms with Crippen LogP contribution in [0.3, 0.4) is 0 Å². The summed E-state index contributed by atoms with van der Waals surface area (Å²) in [6.07, 6.45) is -3.20. The number of piperidine rings is 1. The smallest absolute Gasteiger partial charge is 0.202 e. The first-order valence-corrected chi connectivity index (χ1v) is 15.4. The second-order valence-electron chi connectivity index (χ2n) is 12.7. The Balaban J connectivity index is 1.40. The third-order valence-electron chi connectivity index (χ3n) is 10.2. The lowest BCUT2D eigenvalue weighted by atomic mass is 9.71. The lowest BCUT2D eigenvalue weighted by Crippen LogP contribution is -2.57. The molecule has 0 spiro atoms. The number of nitrogens with zero attached hydrogens (tertiary/aromatic N) is 1. The van der Waals surface area contributed by atoms with Crippen molar-refractivity contribution in [2.75, 3.05) is 27.3 Å². The number of fused-ring (bicyclic) bond motifs is 3. The molecular weight excluding hydrogens is 586 g/mol. The van der Waals surface area contributed by atoms with Gasteiger partial charge in [0.1, 0.15) is 17.2 Å². The van der Waals surface area contributed by atoms with Crippen LogP contribution >= 0.6 is 0 Å². The Morgan fingerprint density at radius 3 is 2.38 bits per heavy atom. The van der Waals surface area contributed by atoms with E-state index in [-0.39, 0.29) is 70.5 Å². The Morgan fingerprint density at radius 1 is 1.04 bits per heavy atom. The van der Waals surface area contributed by atoms with Gasteiger partial charge in [-0.2, -0.15) is 0 Å². The Hall–Kier alpha value is -3.10. The average molecular weight is 628 g/mol. The van der Waals surface area contributed by atoms with Gasteiger partial charge in [-0.3, -0.25) is 14.5 Å². The Morgan fingerprint density at radius 2 is 1.73 bits per heavy atom. The molecule has 244 valence electrons. The van der Waals surface area contributed by atoms with Crippen LogP contribution in [0.5, 0.6) is 17.2 Å². The monoisotopic (exact) mass is 627 g/mol. The summed E-state index contributed by atoms with van der Waals surface area (Å²) in [5.74, 6) is -2.35. The summed E-state index contributed by atoms with van der Waals surface area (Å²) in [6, 6.07) is 4.22. The van der Waals surface area contributed by atoms with Gasteiger partial charge in [0.15, 0.2) is 12.1 Å². The normalized spacial score (nSPS) is 31.2. The number of phenolic OH excluding ortho intramolecular Hbond substituents is 2. The van der Waals surface area contributed by atoms with E-state index in [2.05, 4.69) is 4.90 Å². The number of likely N-dealkylation sites (tertiary alicyclic amines) is 1. The van der Waals surface area contributed by atoms with Crippen molar-refractivity contribution in [2.45, 2.75) is 94.4 Å². The fourth-order valence-electron chi connectivity index (χ4n) is 7.48. The molecule has 2 aliphatic heterocycles. The van der Waals surface area contributed by atoms with E-state index in [0.29, 0.717) is 0 Å². The minimum atomic E-state index is -1.81. The summed E-state index contributed by atoms with van der Waals surface area (Å²) >= 11 is 0. The molecule has 2 aliphatic carbocycles. The highest BCUT2D eigenvalue weighted by atomic mass is 16.7. The maximum absolute atomic E-state index is 13.9. The zero-order valence-electron chi connectivity index (χ0n) is 25.9. The van der Waals surface area contributed by atoms with Crippen molar-refractivity contribution < 1.29 is 54.1 Å².